The Kier molecular flexibility index (Phi) is 6.81. The van der Waals surface area contributed by atoms with Gasteiger partial charge in [0.15, 0.2) is 29.4 Å². The number of Topliss-reactive ketones (excluding diaryl/α,β-unsaturated/α-hetero) is 2. The molecule has 0 N–H and O–H groups in total. The van der Waals surface area contributed by atoms with Crippen molar-refractivity contribution in [3.8, 4) is 0 Å². The maximum absolute atomic E-state index is 13.8. The van der Waals surface area contributed by atoms with Crippen molar-refractivity contribution in [1.82, 2.24) is 0 Å². The topological polar surface area (TPSA) is 132 Å². The molecular weight excluding hydrogens is 587 g/mol. The van der Waals surface area contributed by atoms with E-state index in [-0.39, 0.29) is 28.7 Å². The Hall–Kier alpha value is -2.02. The summed E-state index contributed by atoms with van der Waals surface area (Å²) < 4.78 is 28.7. The number of hydrogen-bond donors (Lipinski definition) is 0. The van der Waals surface area contributed by atoms with Gasteiger partial charge in [0.1, 0.15) is 16.8 Å². The van der Waals surface area contributed by atoms with Gasteiger partial charge in [0, 0.05) is 24.7 Å². The molecule has 2 heterocycles. The standard InChI is InChI=1S/C25H31IO10/c1-11-14(29)9-25-20(35-22(31)36-25)18-15(30)10-32-16(26)7-8-24(18,6)21(34-13(3)28)19(33-12(2)27)17(11)23(25,4)5/h16,18-21H,7-10H2,1-6H3/t16?,18-,19+,20-,21-,24+,25+/m0/s1. The van der Waals surface area contributed by atoms with E-state index >= 15 is 0 Å². The SMILES string of the molecule is CC(=O)O[C@@H]1C2=C(C)C(=O)C[C@]3(OC(=O)O[C@H]3[C@@H]3C(=O)COC(I)CC[C@@]3(C)[C@H]1OC(C)=O)C2(C)C. The predicted molar refractivity (Wildman–Crippen MR) is 131 cm³/mol. The number of alkyl halides is 1. The van der Waals surface area contributed by atoms with Crippen molar-refractivity contribution >= 4 is 52.3 Å². The molecule has 3 fully saturated rings. The molecule has 0 aromatic rings. The summed E-state index contributed by atoms with van der Waals surface area (Å²) in [4.78, 5) is 64.8. The Balaban J connectivity index is 2.10. The molecule has 7 atom stereocenters. The lowest BCUT2D eigenvalue weighted by Crippen LogP contribution is -2.69. The average Bonchev–Trinajstić information content (AvgIpc) is 3.07. The Bertz CT molecular complexity index is 1060. The largest absolute Gasteiger partial charge is 0.509 e. The number of allylic oxidation sites excluding steroid dienone is 1. The van der Waals surface area contributed by atoms with Gasteiger partial charge < -0.3 is 23.7 Å². The summed E-state index contributed by atoms with van der Waals surface area (Å²) in [6.07, 6.45) is -3.89. The first-order chi connectivity index (χ1) is 16.7. The molecule has 2 aliphatic heterocycles. The number of fused-ring (bicyclic) bond motifs is 3. The molecule has 1 spiro atoms. The molecule has 2 aliphatic carbocycles. The first-order valence-electron chi connectivity index (χ1n) is 11.9. The molecule has 4 rings (SSSR count). The van der Waals surface area contributed by atoms with Gasteiger partial charge in [-0.3, -0.25) is 19.2 Å². The van der Waals surface area contributed by atoms with Gasteiger partial charge in [-0.25, -0.2) is 4.79 Å². The first-order valence-corrected chi connectivity index (χ1v) is 13.2. The zero-order valence-corrected chi connectivity index (χ0v) is 23.3. The summed E-state index contributed by atoms with van der Waals surface area (Å²) in [5, 5.41) is 0. The number of esters is 2. The molecule has 36 heavy (non-hydrogen) atoms. The van der Waals surface area contributed by atoms with Crippen LogP contribution in [0.2, 0.25) is 0 Å². The third-order valence-corrected chi connectivity index (χ3v) is 9.38. The van der Waals surface area contributed by atoms with Crippen LogP contribution in [0.3, 0.4) is 0 Å². The number of halogens is 1. The number of ketones is 2. The van der Waals surface area contributed by atoms with Gasteiger partial charge in [0.05, 0.1) is 12.3 Å². The summed E-state index contributed by atoms with van der Waals surface area (Å²) in [6.45, 7) is 9.13. The van der Waals surface area contributed by atoms with Crippen molar-refractivity contribution in [3.05, 3.63) is 11.1 Å². The van der Waals surface area contributed by atoms with Crippen LogP contribution in [0.5, 0.6) is 0 Å². The lowest BCUT2D eigenvalue weighted by Gasteiger charge is -2.58. The van der Waals surface area contributed by atoms with Gasteiger partial charge in [-0.05, 0) is 30.9 Å². The zero-order chi connectivity index (χ0) is 26.8. The highest BCUT2D eigenvalue weighted by atomic mass is 127. The van der Waals surface area contributed by atoms with Gasteiger partial charge in [-0.1, -0.05) is 43.4 Å². The zero-order valence-electron chi connectivity index (χ0n) is 21.2. The van der Waals surface area contributed by atoms with Crippen LogP contribution in [-0.4, -0.2) is 64.3 Å². The fourth-order valence-corrected chi connectivity index (χ4v) is 7.19. The van der Waals surface area contributed by atoms with E-state index in [1.807, 2.05) is 0 Å². The average molecular weight is 618 g/mol. The van der Waals surface area contributed by atoms with Gasteiger partial charge in [-0.15, -0.1) is 0 Å². The third-order valence-electron chi connectivity index (χ3n) is 8.40. The number of carbonyl (C=O) groups excluding carboxylic acids is 5. The van der Waals surface area contributed by atoms with Crippen molar-refractivity contribution < 1.29 is 47.7 Å². The van der Waals surface area contributed by atoms with E-state index in [0.717, 1.165) is 0 Å². The molecule has 1 saturated carbocycles. The van der Waals surface area contributed by atoms with Crippen LogP contribution in [0.15, 0.2) is 11.1 Å². The molecule has 2 saturated heterocycles. The Labute approximate surface area is 222 Å². The molecule has 4 aliphatic rings. The normalized spacial score (nSPS) is 39.9. The highest BCUT2D eigenvalue weighted by Gasteiger charge is 2.73. The Morgan fingerprint density at radius 3 is 2.31 bits per heavy atom. The van der Waals surface area contributed by atoms with Crippen LogP contribution in [0.1, 0.15) is 60.8 Å². The maximum atomic E-state index is 13.8. The van der Waals surface area contributed by atoms with E-state index in [0.29, 0.717) is 24.0 Å². The highest BCUT2D eigenvalue weighted by Crippen LogP contribution is 2.62. The second kappa shape index (κ2) is 9.07. The number of carbonyl (C=O) groups is 5. The molecular formula is C25H31IO10. The maximum Gasteiger partial charge on any atom is 0.509 e. The molecule has 198 valence electrons. The smallest absolute Gasteiger partial charge is 0.458 e. The summed E-state index contributed by atoms with van der Waals surface area (Å²) >= 11 is 2.09. The quantitative estimate of drug-likeness (QED) is 0.197. The van der Waals surface area contributed by atoms with Crippen molar-refractivity contribution in [2.75, 3.05) is 6.61 Å². The van der Waals surface area contributed by atoms with Crippen LogP contribution in [-0.2, 0) is 42.9 Å². The first kappa shape index (κ1) is 27.0. The van der Waals surface area contributed by atoms with Gasteiger partial charge in [0.2, 0.25) is 0 Å². The highest BCUT2D eigenvalue weighted by molar-refractivity contribution is 14.1. The second-order valence-corrected chi connectivity index (χ2v) is 12.2. The Morgan fingerprint density at radius 1 is 1.06 bits per heavy atom. The molecule has 1 unspecified atom stereocenters. The molecule has 0 amide bonds. The van der Waals surface area contributed by atoms with Crippen LogP contribution in [0, 0.1) is 16.7 Å². The van der Waals surface area contributed by atoms with Gasteiger partial charge >= 0.3 is 18.1 Å². The monoisotopic (exact) mass is 618 g/mol. The van der Waals surface area contributed by atoms with Crippen LogP contribution in [0.4, 0.5) is 4.79 Å². The van der Waals surface area contributed by atoms with Crippen molar-refractivity contribution in [3.63, 3.8) is 0 Å². The molecule has 0 aromatic carbocycles. The van der Waals surface area contributed by atoms with Gasteiger partial charge in [-0.2, -0.15) is 0 Å². The van der Waals surface area contributed by atoms with Crippen molar-refractivity contribution in [2.45, 2.75) is 88.8 Å². The minimum atomic E-state index is -1.54. The van der Waals surface area contributed by atoms with Crippen molar-refractivity contribution in [1.29, 1.82) is 0 Å². The fraction of sp³-hybridized carbons (Fsp3) is 0.720. The summed E-state index contributed by atoms with van der Waals surface area (Å²) in [6, 6.07) is 0. The second-order valence-electron chi connectivity index (χ2n) is 10.8. The number of ether oxygens (including phenoxy) is 5. The minimum Gasteiger partial charge on any atom is -0.458 e. The third kappa shape index (κ3) is 3.97. The van der Waals surface area contributed by atoms with E-state index in [9.17, 15) is 24.0 Å². The summed E-state index contributed by atoms with van der Waals surface area (Å²) in [5.74, 6) is -3.07. The van der Waals surface area contributed by atoms with Crippen LogP contribution >= 0.6 is 22.6 Å². The summed E-state index contributed by atoms with van der Waals surface area (Å²) in [5.41, 5.74) is -3.11. The lowest BCUT2D eigenvalue weighted by molar-refractivity contribution is -0.205. The molecule has 0 radical (unpaired) electrons. The Morgan fingerprint density at radius 2 is 1.69 bits per heavy atom. The van der Waals surface area contributed by atoms with E-state index in [4.69, 9.17) is 23.7 Å². The molecule has 11 heteroatoms. The molecule has 10 nitrogen and oxygen atoms in total. The molecule has 2 bridgehead atoms. The predicted octanol–water partition coefficient (Wildman–Crippen LogP) is 3.22. The van der Waals surface area contributed by atoms with E-state index < -0.39 is 58.8 Å². The minimum absolute atomic E-state index is 0.202. The van der Waals surface area contributed by atoms with Crippen LogP contribution in [0.25, 0.3) is 0 Å². The van der Waals surface area contributed by atoms with Crippen molar-refractivity contribution in [2.24, 2.45) is 16.7 Å². The van der Waals surface area contributed by atoms with Gasteiger partial charge in [0.25, 0.3) is 0 Å². The number of hydrogen-bond acceptors (Lipinski definition) is 10. The molecule has 0 aromatic heterocycles. The van der Waals surface area contributed by atoms with E-state index in [1.165, 1.54) is 13.8 Å². The fourth-order valence-electron chi connectivity index (χ4n) is 6.69. The van der Waals surface area contributed by atoms with E-state index in [1.54, 1.807) is 27.7 Å². The van der Waals surface area contributed by atoms with E-state index in [2.05, 4.69) is 22.6 Å². The van der Waals surface area contributed by atoms with Crippen LogP contribution < -0.4 is 0 Å². The number of rotatable bonds is 2. The lowest BCUT2D eigenvalue weighted by atomic mass is 9.49. The summed E-state index contributed by atoms with van der Waals surface area (Å²) in [7, 11) is 0.